The number of nitrogens with zero attached hydrogens (tertiary/aromatic N) is 5. The maximum absolute atomic E-state index is 13.4. The standard InChI is InChI=1S/C24H22F3N5O2/c1-14-11-31(19-6-4-18(5-7-19)24(25,26)27)23(34)22-20(10-29-32(14)22)16-3-8-21(28-9-16)17-12-30(13-17)15(2)33/h3-10,14,17H,11-13H2,1-2H3/t14-/m0/s1. The number of anilines is 1. The number of alkyl halides is 3. The lowest BCUT2D eigenvalue weighted by molar-refractivity contribution is -0.137. The van der Waals surface area contributed by atoms with Gasteiger partial charge in [-0.3, -0.25) is 19.3 Å². The number of likely N-dealkylation sites (tertiary alicyclic amines) is 1. The molecule has 0 spiro atoms. The summed E-state index contributed by atoms with van der Waals surface area (Å²) in [5.41, 5.74) is 2.24. The zero-order valence-electron chi connectivity index (χ0n) is 18.6. The number of hydrogen-bond acceptors (Lipinski definition) is 4. The van der Waals surface area contributed by atoms with Gasteiger partial charge in [0, 0.05) is 61.2 Å². The molecule has 10 heteroatoms. The largest absolute Gasteiger partial charge is 0.416 e. The van der Waals surface area contributed by atoms with Crippen molar-refractivity contribution in [1.29, 1.82) is 0 Å². The van der Waals surface area contributed by atoms with Crippen LogP contribution in [0.5, 0.6) is 0 Å². The third-order valence-corrected chi connectivity index (χ3v) is 6.46. The van der Waals surface area contributed by atoms with Crippen molar-refractivity contribution in [2.75, 3.05) is 24.5 Å². The molecule has 1 aromatic carbocycles. The highest BCUT2D eigenvalue weighted by Crippen LogP contribution is 2.35. The Hall–Kier alpha value is -3.69. The molecule has 2 aliphatic rings. The molecule has 1 atom stereocenters. The van der Waals surface area contributed by atoms with Crippen molar-refractivity contribution in [1.82, 2.24) is 19.7 Å². The van der Waals surface area contributed by atoms with Gasteiger partial charge in [-0.25, -0.2) is 0 Å². The van der Waals surface area contributed by atoms with Crippen LogP contribution in [0.15, 0.2) is 48.8 Å². The van der Waals surface area contributed by atoms with Crippen LogP contribution in [0.4, 0.5) is 18.9 Å². The van der Waals surface area contributed by atoms with E-state index in [1.807, 2.05) is 19.1 Å². The maximum atomic E-state index is 13.4. The molecule has 3 aromatic rings. The Balaban J connectivity index is 1.41. The monoisotopic (exact) mass is 469 g/mol. The van der Waals surface area contributed by atoms with E-state index in [1.165, 1.54) is 17.0 Å². The van der Waals surface area contributed by atoms with Gasteiger partial charge in [0.05, 0.1) is 17.8 Å². The van der Waals surface area contributed by atoms with Gasteiger partial charge < -0.3 is 9.80 Å². The number of hydrogen-bond donors (Lipinski definition) is 0. The van der Waals surface area contributed by atoms with Gasteiger partial charge in [0.25, 0.3) is 5.91 Å². The highest BCUT2D eigenvalue weighted by molar-refractivity contribution is 6.09. The SMILES string of the molecule is CC(=O)N1CC(c2ccc(-c3cnn4c3C(=O)N(c3ccc(C(F)(F)F)cc3)C[C@@H]4C)cn2)C1. The second kappa shape index (κ2) is 7.96. The molecule has 1 saturated heterocycles. The number of benzene rings is 1. The van der Waals surface area contributed by atoms with E-state index in [2.05, 4.69) is 10.1 Å². The minimum Gasteiger partial charge on any atom is -0.341 e. The number of halogens is 3. The van der Waals surface area contributed by atoms with Crippen molar-refractivity contribution in [3.05, 3.63) is 65.7 Å². The summed E-state index contributed by atoms with van der Waals surface area (Å²) in [5, 5.41) is 4.40. The molecule has 5 rings (SSSR count). The molecule has 1 fully saturated rings. The molecular weight excluding hydrogens is 447 g/mol. The van der Waals surface area contributed by atoms with Crippen LogP contribution in [0, 0.1) is 0 Å². The summed E-state index contributed by atoms with van der Waals surface area (Å²) >= 11 is 0. The summed E-state index contributed by atoms with van der Waals surface area (Å²) in [4.78, 5) is 32.6. The molecule has 0 aliphatic carbocycles. The minimum absolute atomic E-state index is 0.0459. The second-order valence-corrected chi connectivity index (χ2v) is 8.75. The number of amides is 2. The number of pyridine rings is 1. The lowest BCUT2D eigenvalue weighted by Crippen LogP contribution is -2.47. The number of fused-ring (bicyclic) bond motifs is 1. The Kier molecular flexibility index (Phi) is 5.18. The average Bonchev–Trinajstić information content (AvgIpc) is 3.21. The van der Waals surface area contributed by atoms with Crippen molar-refractivity contribution < 1.29 is 22.8 Å². The fourth-order valence-corrected chi connectivity index (χ4v) is 4.46. The predicted octanol–water partition coefficient (Wildman–Crippen LogP) is 4.13. The smallest absolute Gasteiger partial charge is 0.341 e. The van der Waals surface area contributed by atoms with E-state index in [4.69, 9.17) is 0 Å². The number of rotatable bonds is 3. The van der Waals surface area contributed by atoms with E-state index >= 15 is 0 Å². The van der Waals surface area contributed by atoms with E-state index in [0.29, 0.717) is 36.6 Å². The molecule has 2 aliphatic heterocycles. The van der Waals surface area contributed by atoms with E-state index in [9.17, 15) is 22.8 Å². The van der Waals surface area contributed by atoms with Crippen LogP contribution >= 0.6 is 0 Å². The van der Waals surface area contributed by atoms with Crippen LogP contribution in [0.25, 0.3) is 11.1 Å². The Morgan fingerprint density at radius 1 is 1.03 bits per heavy atom. The summed E-state index contributed by atoms with van der Waals surface area (Å²) in [6.07, 6.45) is -1.12. The first kappa shape index (κ1) is 22.1. The molecule has 2 amide bonds. The van der Waals surface area contributed by atoms with Crippen LogP contribution in [-0.4, -0.2) is 51.1 Å². The van der Waals surface area contributed by atoms with Gasteiger partial charge in [0.1, 0.15) is 5.69 Å². The molecule has 4 heterocycles. The zero-order chi connectivity index (χ0) is 24.2. The second-order valence-electron chi connectivity index (χ2n) is 8.75. The van der Waals surface area contributed by atoms with Crippen LogP contribution in [0.1, 0.15) is 47.6 Å². The van der Waals surface area contributed by atoms with Crippen LogP contribution in [-0.2, 0) is 11.0 Å². The molecule has 34 heavy (non-hydrogen) atoms. The summed E-state index contributed by atoms with van der Waals surface area (Å²) in [5.74, 6) is -0.0917. The van der Waals surface area contributed by atoms with Crippen LogP contribution in [0.2, 0.25) is 0 Å². The van der Waals surface area contributed by atoms with Crippen molar-refractivity contribution in [2.24, 2.45) is 0 Å². The fraction of sp³-hybridized carbons (Fsp3) is 0.333. The van der Waals surface area contributed by atoms with E-state index < -0.39 is 11.7 Å². The topological polar surface area (TPSA) is 71.3 Å². The predicted molar refractivity (Wildman–Crippen MR) is 118 cm³/mol. The van der Waals surface area contributed by atoms with Crippen molar-refractivity contribution in [2.45, 2.75) is 32.0 Å². The third kappa shape index (κ3) is 3.72. The Bertz CT molecular complexity index is 1250. The molecule has 2 aromatic heterocycles. The molecule has 0 radical (unpaired) electrons. The van der Waals surface area contributed by atoms with Crippen molar-refractivity contribution in [3.63, 3.8) is 0 Å². The van der Waals surface area contributed by atoms with Gasteiger partial charge in [0.2, 0.25) is 5.91 Å². The van der Waals surface area contributed by atoms with Gasteiger partial charge in [-0.05, 0) is 37.3 Å². The Labute approximate surface area is 193 Å². The van der Waals surface area contributed by atoms with E-state index in [0.717, 1.165) is 23.4 Å². The molecule has 176 valence electrons. The van der Waals surface area contributed by atoms with Gasteiger partial charge in [-0.1, -0.05) is 6.07 Å². The van der Waals surface area contributed by atoms with Crippen LogP contribution in [0.3, 0.4) is 0 Å². The zero-order valence-corrected chi connectivity index (χ0v) is 18.6. The average molecular weight is 469 g/mol. The number of aromatic nitrogens is 3. The minimum atomic E-state index is -4.44. The summed E-state index contributed by atoms with van der Waals surface area (Å²) in [6.45, 7) is 5.03. The number of carbonyl (C=O) groups excluding carboxylic acids is 2. The first-order chi connectivity index (χ1) is 16.1. The fourth-order valence-electron chi connectivity index (χ4n) is 4.46. The van der Waals surface area contributed by atoms with Gasteiger partial charge >= 0.3 is 6.18 Å². The van der Waals surface area contributed by atoms with Gasteiger partial charge in [0.15, 0.2) is 0 Å². The Morgan fingerprint density at radius 2 is 1.74 bits per heavy atom. The highest BCUT2D eigenvalue weighted by Gasteiger charge is 2.35. The molecule has 0 unspecified atom stereocenters. The van der Waals surface area contributed by atoms with Crippen molar-refractivity contribution in [3.8, 4) is 11.1 Å². The van der Waals surface area contributed by atoms with E-state index in [-0.39, 0.29) is 23.8 Å². The van der Waals surface area contributed by atoms with Crippen LogP contribution < -0.4 is 4.90 Å². The van der Waals surface area contributed by atoms with E-state index in [1.54, 1.807) is 28.9 Å². The summed E-state index contributed by atoms with van der Waals surface area (Å²) in [7, 11) is 0. The maximum Gasteiger partial charge on any atom is 0.416 e. The lowest BCUT2D eigenvalue weighted by Gasteiger charge is -2.38. The van der Waals surface area contributed by atoms with Gasteiger partial charge in [-0.2, -0.15) is 18.3 Å². The molecule has 0 saturated carbocycles. The lowest BCUT2D eigenvalue weighted by atomic mass is 9.95. The Morgan fingerprint density at radius 3 is 2.32 bits per heavy atom. The molecule has 0 N–H and O–H groups in total. The first-order valence-electron chi connectivity index (χ1n) is 10.9. The van der Waals surface area contributed by atoms with Gasteiger partial charge in [-0.15, -0.1) is 0 Å². The van der Waals surface area contributed by atoms with Crippen molar-refractivity contribution >= 4 is 17.5 Å². The number of carbonyl (C=O) groups is 2. The third-order valence-electron chi connectivity index (χ3n) is 6.46. The molecule has 0 bridgehead atoms. The quantitative estimate of drug-likeness (QED) is 0.578. The molecule has 7 nitrogen and oxygen atoms in total. The first-order valence-corrected chi connectivity index (χ1v) is 10.9. The summed E-state index contributed by atoms with van der Waals surface area (Å²) in [6, 6.07) is 8.21. The summed E-state index contributed by atoms with van der Waals surface area (Å²) < 4.78 is 40.5. The normalized spacial score (nSPS) is 18.6. The molecular formula is C24H22F3N5O2. The highest BCUT2D eigenvalue weighted by atomic mass is 19.4.